The van der Waals surface area contributed by atoms with Crippen LogP contribution in [-0.4, -0.2) is 37.2 Å². The molecule has 0 saturated carbocycles. The van der Waals surface area contributed by atoms with Crippen LogP contribution >= 0.6 is 0 Å². The Morgan fingerprint density at radius 3 is 2.50 bits per heavy atom. The van der Waals surface area contributed by atoms with E-state index in [1.807, 2.05) is 5.82 Å². The number of carboxylic acid groups (broad SMARTS) is 1. The Kier molecular flexibility index (Phi) is 3.87. The molecule has 0 radical (unpaired) electrons. The predicted molar refractivity (Wildman–Crippen MR) is 30.1 cm³/mol. The average molecular weight is 183 g/mol. The molecule has 0 aromatic carbocycles. The van der Waals surface area contributed by atoms with E-state index in [-0.39, 0.29) is 15.0 Å². The van der Waals surface area contributed by atoms with E-state index in [0.717, 1.165) is 0 Å². The predicted octanol–water partition coefficient (Wildman–Crippen LogP) is -0.398. The summed E-state index contributed by atoms with van der Waals surface area (Å²) in [5.41, 5.74) is 0. The fourth-order valence-corrected chi connectivity index (χ4v) is 1.19. The SMILES string of the molecule is C[Se]C[C@@H](O)C(=O)O. The number of rotatable bonds is 3. The van der Waals surface area contributed by atoms with Crippen molar-refractivity contribution in [1.82, 2.24) is 0 Å². The topological polar surface area (TPSA) is 57.5 Å². The number of carboxylic acids is 1. The van der Waals surface area contributed by atoms with E-state index in [2.05, 4.69) is 0 Å². The molecule has 0 fully saturated rings. The average Bonchev–Trinajstić information content (AvgIpc) is 1.67. The molecule has 8 heavy (non-hydrogen) atoms. The zero-order valence-electron chi connectivity index (χ0n) is 4.50. The molecule has 0 aromatic rings. The van der Waals surface area contributed by atoms with Gasteiger partial charge >= 0.3 is 53.2 Å². The molecule has 0 aliphatic heterocycles. The van der Waals surface area contributed by atoms with Gasteiger partial charge in [-0.2, -0.15) is 0 Å². The van der Waals surface area contributed by atoms with Gasteiger partial charge in [0.05, 0.1) is 0 Å². The van der Waals surface area contributed by atoms with Crippen LogP contribution in [0.5, 0.6) is 0 Å². The van der Waals surface area contributed by atoms with Gasteiger partial charge in [-0.05, 0) is 0 Å². The van der Waals surface area contributed by atoms with E-state index in [1.165, 1.54) is 0 Å². The summed E-state index contributed by atoms with van der Waals surface area (Å²) >= 11 is 0.248. The molecule has 0 aliphatic rings. The van der Waals surface area contributed by atoms with Gasteiger partial charge < -0.3 is 0 Å². The summed E-state index contributed by atoms with van der Waals surface area (Å²) in [6.07, 6.45) is -1.14. The summed E-state index contributed by atoms with van der Waals surface area (Å²) in [6.45, 7) is 0. The van der Waals surface area contributed by atoms with Crippen LogP contribution in [-0.2, 0) is 4.79 Å². The summed E-state index contributed by atoms with van der Waals surface area (Å²) in [7, 11) is 0. The molecule has 0 heterocycles. The summed E-state index contributed by atoms with van der Waals surface area (Å²) in [5, 5.41) is 17.0. The van der Waals surface area contributed by atoms with Gasteiger partial charge in [0.15, 0.2) is 0 Å². The fraction of sp³-hybridized carbons (Fsp3) is 0.750. The van der Waals surface area contributed by atoms with Crippen LogP contribution in [0.1, 0.15) is 0 Å². The number of carbonyl (C=O) groups is 1. The monoisotopic (exact) mass is 184 g/mol. The molecule has 3 nitrogen and oxygen atoms in total. The molecular weight excluding hydrogens is 175 g/mol. The number of aliphatic hydroxyl groups excluding tert-OH is 1. The fourth-order valence-electron chi connectivity index (χ4n) is 0.229. The second-order valence-electron chi connectivity index (χ2n) is 1.31. The molecule has 48 valence electrons. The van der Waals surface area contributed by atoms with Gasteiger partial charge in [0.1, 0.15) is 0 Å². The third-order valence-electron chi connectivity index (χ3n) is 0.610. The Labute approximate surface area is 53.9 Å². The van der Waals surface area contributed by atoms with Crippen LogP contribution in [0.2, 0.25) is 11.1 Å². The number of hydrogen-bond acceptors (Lipinski definition) is 2. The maximum atomic E-state index is 9.85. The molecule has 0 amide bonds. The van der Waals surface area contributed by atoms with Crippen LogP contribution in [0.3, 0.4) is 0 Å². The molecule has 2 N–H and O–H groups in total. The van der Waals surface area contributed by atoms with Crippen molar-refractivity contribution >= 4 is 20.9 Å². The Hall–Kier alpha value is -0.0505. The van der Waals surface area contributed by atoms with Crippen LogP contribution < -0.4 is 0 Å². The summed E-state index contributed by atoms with van der Waals surface area (Å²) in [6, 6.07) is 0. The van der Waals surface area contributed by atoms with Crippen molar-refractivity contribution in [1.29, 1.82) is 0 Å². The number of aliphatic hydroxyl groups is 1. The van der Waals surface area contributed by atoms with E-state index in [9.17, 15) is 4.79 Å². The molecule has 0 spiro atoms. The van der Waals surface area contributed by atoms with Crippen molar-refractivity contribution in [2.75, 3.05) is 0 Å². The molecular formula is C4H8O3Se. The molecule has 1 atom stereocenters. The third-order valence-corrected chi connectivity index (χ3v) is 1.97. The van der Waals surface area contributed by atoms with Crippen LogP contribution in [0.25, 0.3) is 0 Å². The standard InChI is InChI=1S/C4H8O3Se/c1-8-2-3(5)4(6)7/h3,5H,2H2,1H3,(H,6,7)/t3-/m1/s1. The Balaban J connectivity index is 3.32. The van der Waals surface area contributed by atoms with Crippen molar-refractivity contribution in [3.05, 3.63) is 0 Å². The third kappa shape index (κ3) is 3.02. The van der Waals surface area contributed by atoms with Gasteiger partial charge in [-0.1, -0.05) is 0 Å². The van der Waals surface area contributed by atoms with Crippen molar-refractivity contribution in [3.8, 4) is 0 Å². The van der Waals surface area contributed by atoms with Gasteiger partial charge in [0.2, 0.25) is 0 Å². The van der Waals surface area contributed by atoms with E-state index in [4.69, 9.17) is 10.2 Å². The zero-order valence-corrected chi connectivity index (χ0v) is 6.21. The van der Waals surface area contributed by atoms with E-state index < -0.39 is 12.1 Å². The first kappa shape index (κ1) is 7.95. The normalized spacial score (nSPS) is 13.2. The van der Waals surface area contributed by atoms with Gasteiger partial charge in [0, 0.05) is 0 Å². The van der Waals surface area contributed by atoms with E-state index in [0.29, 0.717) is 5.32 Å². The summed E-state index contributed by atoms with van der Waals surface area (Å²) < 4.78 is 0. The molecule has 0 rings (SSSR count). The second kappa shape index (κ2) is 3.89. The Bertz CT molecular complexity index is 83.4. The molecule has 0 aliphatic carbocycles. The van der Waals surface area contributed by atoms with Crippen molar-refractivity contribution in [3.63, 3.8) is 0 Å². The minimum absolute atomic E-state index is 0.248. The van der Waals surface area contributed by atoms with Crippen LogP contribution in [0.15, 0.2) is 0 Å². The maximum absolute atomic E-state index is 9.85. The Morgan fingerprint density at radius 1 is 1.88 bits per heavy atom. The minimum atomic E-state index is -1.14. The van der Waals surface area contributed by atoms with E-state index in [1.54, 1.807) is 0 Å². The summed E-state index contributed by atoms with van der Waals surface area (Å²) in [4.78, 5) is 9.85. The van der Waals surface area contributed by atoms with Crippen molar-refractivity contribution in [2.24, 2.45) is 0 Å². The van der Waals surface area contributed by atoms with Crippen molar-refractivity contribution in [2.45, 2.75) is 17.2 Å². The molecule has 0 unspecified atom stereocenters. The first-order valence-corrected chi connectivity index (χ1v) is 5.00. The van der Waals surface area contributed by atoms with Gasteiger partial charge in [0.25, 0.3) is 0 Å². The van der Waals surface area contributed by atoms with Crippen molar-refractivity contribution < 1.29 is 15.0 Å². The second-order valence-corrected chi connectivity index (χ2v) is 3.22. The van der Waals surface area contributed by atoms with Gasteiger partial charge in [-0.15, -0.1) is 0 Å². The first-order chi connectivity index (χ1) is 3.68. The molecule has 0 aromatic heterocycles. The Morgan fingerprint density at radius 2 is 2.38 bits per heavy atom. The summed E-state index contributed by atoms with van der Waals surface area (Å²) in [5.74, 6) is 0.771. The van der Waals surface area contributed by atoms with Gasteiger partial charge in [-0.25, -0.2) is 0 Å². The number of hydrogen-bond donors (Lipinski definition) is 2. The van der Waals surface area contributed by atoms with E-state index >= 15 is 0 Å². The number of aliphatic carboxylic acids is 1. The molecule has 0 bridgehead atoms. The molecule has 4 heteroatoms. The zero-order chi connectivity index (χ0) is 6.57. The van der Waals surface area contributed by atoms with Crippen LogP contribution in [0.4, 0.5) is 0 Å². The van der Waals surface area contributed by atoms with Crippen LogP contribution in [0, 0.1) is 0 Å². The molecule has 0 saturated heterocycles. The quantitative estimate of drug-likeness (QED) is 0.585. The first-order valence-electron chi connectivity index (χ1n) is 2.08. The van der Waals surface area contributed by atoms with Gasteiger partial charge in [-0.3, -0.25) is 0 Å².